The van der Waals surface area contributed by atoms with Gasteiger partial charge in [0.1, 0.15) is 12.4 Å². The van der Waals surface area contributed by atoms with E-state index in [0.717, 1.165) is 0 Å². The van der Waals surface area contributed by atoms with Crippen molar-refractivity contribution in [1.29, 1.82) is 0 Å². The van der Waals surface area contributed by atoms with E-state index in [4.69, 9.17) is 9.84 Å². The number of rotatable bonds is 5. The molecule has 16 heavy (non-hydrogen) atoms. The van der Waals surface area contributed by atoms with Crippen molar-refractivity contribution in [3.05, 3.63) is 30.3 Å². The minimum atomic E-state index is -1.12. The molecular formula is C11H13NO4. The highest BCUT2D eigenvalue weighted by Gasteiger charge is 2.18. The number of carboxylic acids is 1. The van der Waals surface area contributed by atoms with Crippen LogP contribution in [0.1, 0.15) is 6.92 Å². The summed E-state index contributed by atoms with van der Waals surface area (Å²) >= 11 is 0. The lowest BCUT2D eigenvalue weighted by atomic mass is 10.3. The molecule has 1 rings (SSSR count). The minimum absolute atomic E-state index is 0.0983. The Morgan fingerprint density at radius 1 is 1.38 bits per heavy atom. The molecule has 0 heterocycles. The van der Waals surface area contributed by atoms with E-state index in [0.29, 0.717) is 5.75 Å². The van der Waals surface area contributed by atoms with Gasteiger partial charge >= 0.3 is 5.97 Å². The molecule has 0 saturated carbocycles. The molecule has 1 aromatic rings. The Morgan fingerprint density at radius 2 is 2.00 bits per heavy atom. The third-order valence-corrected chi connectivity index (χ3v) is 1.84. The molecule has 86 valence electrons. The number of benzene rings is 1. The SMILES string of the molecule is CC(=O)N[C@@H](COc1ccccc1)C(=O)O. The van der Waals surface area contributed by atoms with Gasteiger partial charge in [0.15, 0.2) is 6.04 Å². The fraction of sp³-hybridized carbons (Fsp3) is 0.273. The first-order chi connectivity index (χ1) is 7.59. The van der Waals surface area contributed by atoms with E-state index in [1.807, 2.05) is 6.07 Å². The standard InChI is InChI=1S/C11H13NO4/c1-8(13)12-10(11(14)15)7-16-9-5-3-2-4-6-9/h2-6,10H,7H2,1H3,(H,12,13)(H,14,15)/t10-/m0/s1. The van der Waals surface area contributed by atoms with Crippen molar-refractivity contribution in [3.63, 3.8) is 0 Å². The van der Waals surface area contributed by atoms with Crippen LogP contribution in [0, 0.1) is 0 Å². The van der Waals surface area contributed by atoms with Crippen LogP contribution in [-0.2, 0) is 9.59 Å². The molecule has 0 spiro atoms. The molecule has 5 heteroatoms. The van der Waals surface area contributed by atoms with Crippen molar-refractivity contribution in [1.82, 2.24) is 5.32 Å². The lowest BCUT2D eigenvalue weighted by molar-refractivity contribution is -0.142. The number of amides is 1. The third-order valence-electron chi connectivity index (χ3n) is 1.84. The summed E-state index contributed by atoms with van der Waals surface area (Å²) in [6.07, 6.45) is 0. The highest BCUT2D eigenvalue weighted by atomic mass is 16.5. The molecule has 1 aromatic carbocycles. The van der Waals surface area contributed by atoms with E-state index in [-0.39, 0.29) is 6.61 Å². The van der Waals surface area contributed by atoms with E-state index >= 15 is 0 Å². The maximum atomic E-state index is 10.8. The maximum absolute atomic E-state index is 10.8. The van der Waals surface area contributed by atoms with Crippen LogP contribution in [0.4, 0.5) is 0 Å². The van der Waals surface area contributed by atoms with Crippen LogP contribution < -0.4 is 10.1 Å². The lowest BCUT2D eigenvalue weighted by Gasteiger charge is -2.14. The van der Waals surface area contributed by atoms with E-state index in [9.17, 15) is 9.59 Å². The summed E-state index contributed by atoms with van der Waals surface area (Å²) in [6.45, 7) is 1.16. The highest BCUT2D eigenvalue weighted by Crippen LogP contribution is 2.08. The maximum Gasteiger partial charge on any atom is 0.329 e. The summed E-state index contributed by atoms with van der Waals surface area (Å²) in [4.78, 5) is 21.5. The Bertz CT molecular complexity index is 364. The predicted octanol–water partition coefficient (Wildman–Crippen LogP) is 0.655. The summed E-state index contributed by atoms with van der Waals surface area (Å²) in [7, 11) is 0. The third kappa shape index (κ3) is 4.00. The first-order valence-corrected chi connectivity index (χ1v) is 4.77. The molecule has 0 fully saturated rings. The lowest BCUT2D eigenvalue weighted by Crippen LogP contribution is -2.43. The molecule has 0 radical (unpaired) electrons. The second-order valence-electron chi connectivity index (χ2n) is 3.22. The number of ether oxygens (including phenoxy) is 1. The van der Waals surface area contributed by atoms with Gasteiger partial charge in [-0.3, -0.25) is 4.79 Å². The molecule has 1 atom stereocenters. The van der Waals surface area contributed by atoms with Gasteiger partial charge in [-0.1, -0.05) is 18.2 Å². The van der Waals surface area contributed by atoms with Crippen LogP contribution in [0.15, 0.2) is 30.3 Å². The van der Waals surface area contributed by atoms with E-state index in [1.54, 1.807) is 24.3 Å². The first kappa shape index (κ1) is 12.0. The molecule has 0 aromatic heterocycles. The quantitative estimate of drug-likeness (QED) is 0.768. The topological polar surface area (TPSA) is 75.6 Å². The number of carboxylic acid groups (broad SMARTS) is 1. The molecule has 1 amide bonds. The summed E-state index contributed by atoms with van der Waals surface area (Å²) in [5.74, 6) is -0.950. The summed E-state index contributed by atoms with van der Waals surface area (Å²) in [5.41, 5.74) is 0. The van der Waals surface area contributed by atoms with Crippen molar-refractivity contribution in [2.45, 2.75) is 13.0 Å². The van der Waals surface area contributed by atoms with Gasteiger partial charge in [0.2, 0.25) is 5.91 Å². The van der Waals surface area contributed by atoms with E-state index in [2.05, 4.69) is 5.32 Å². The van der Waals surface area contributed by atoms with Crippen molar-refractivity contribution in [3.8, 4) is 5.75 Å². The summed E-state index contributed by atoms with van der Waals surface area (Å²) in [6, 6.07) is 7.79. The number of hydrogen-bond donors (Lipinski definition) is 2. The number of nitrogens with one attached hydrogen (secondary N) is 1. The molecule has 0 aliphatic heterocycles. The summed E-state index contributed by atoms with van der Waals surface area (Å²) < 4.78 is 5.23. The fourth-order valence-electron chi connectivity index (χ4n) is 1.12. The van der Waals surface area contributed by atoms with E-state index in [1.165, 1.54) is 6.92 Å². The van der Waals surface area contributed by atoms with Crippen LogP contribution in [0.3, 0.4) is 0 Å². The Morgan fingerprint density at radius 3 is 2.50 bits per heavy atom. The van der Waals surface area contributed by atoms with Crippen molar-refractivity contribution in [2.75, 3.05) is 6.61 Å². The van der Waals surface area contributed by atoms with Crippen LogP contribution in [0.25, 0.3) is 0 Å². The Kier molecular flexibility index (Phi) is 4.32. The monoisotopic (exact) mass is 223 g/mol. The number of aliphatic carboxylic acids is 1. The smallest absolute Gasteiger partial charge is 0.329 e. The largest absolute Gasteiger partial charge is 0.491 e. The normalized spacial score (nSPS) is 11.6. The van der Waals surface area contributed by atoms with E-state index < -0.39 is 17.9 Å². The number of carbonyl (C=O) groups excluding carboxylic acids is 1. The zero-order chi connectivity index (χ0) is 12.0. The first-order valence-electron chi connectivity index (χ1n) is 4.77. The fourth-order valence-corrected chi connectivity index (χ4v) is 1.12. The molecule has 2 N–H and O–H groups in total. The van der Waals surface area contributed by atoms with Gasteiger partial charge in [-0.25, -0.2) is 4.79 Å². The van der Waals surface area contributed by atoms with Crippen molar-refractivity contribution >= 4 is 11.9 Å². The second kappa shape index (κ2) is 5.75. The van der Waals surface area contributed by atoms with Gasteiger partial charge in [-0.05, 0) is 12.1 Å². The van der Waals surface area contributed by atoms with Gasteiger partial charge in [0.25, 0.3) is 0 Å². The van der Waals surface area contributed by atoms with Gasteiger partial charge in [0, 0.05) is 6.92 Å². The highest BCUT2D eigenvalue weighted by molar-refractivity contribution is 5.82. The van der Waals surface area contributed by atoms with Gasteiger partial charge in [-0.15, -0.1) is 0 Å². The van der Waals surface area contributed by atoms with Crippen LogP contribution >= 0.6 is 0 Å². The van der Waals surface area contributed by atoms with Crippen LogP contribution in [0.5, 0.6) is 5.75 Å². The van der Waals surface area contributed by atoms with Gasteiger partial charge in [-0.2, -0.15) is 0 Å². The molecule has 5 nitrogen and oxygen atoms in total. The zero-order valence-electron chi connectivity index (χ0n) is 8.84. The molecule has 0 aliphatic rings. The number of carbonyl (C=O) groups is 2. The average Bonchev–Trinajstić information content (AvgIpc) is 2.25. The van der Waals surface area contributed by atoms with Crippen molar-refractivity contribution < 1.29 is 19.4 Å². The van der Waals surface area contributed by atoms with Crippen LogP contribution in [-0.4, -0.2) is 29.6 Å². The minimum Gasteiger partial charge on any atom is -0.491 e. The Hall–Kier alpha value is -2.04. The van der Waals surface area contributed by atoms with Gasteiger partial charge < -0.3 is 15.2 Å². The summed E-state index contributed by atoms with van der Waals surface area (Å²) in [5, 5.41) is 11.1. The zero-order valence-corrected chi connectivity index (χ0v) is 8.84. The predicted molar refractivity (Wildman–Crippen MR) is 57.2 cm³/mol. The molecule has 0 bridgehead atoms. The number of hydrogen-bond acceptors (Lipinski definition) is 3. The second-order valence-corrected chi connectivity index (χ2v) is 3.22. The molecule has 0 saturated heterocycles. The average molecular weight is 223 g/mol. The van der Waals surface area contributed by atoms with Gasteiger partial charge in [0.05, 0.1) is 0 Å². The molecule has 0 unspecified atom stereocenters. The molecular weight excluding hydrogens is 210 g/mol. The Labute approximate surface area is 93.0 Å². The van der Waals surface area contributed by atoms with Crippen LogP contribution in [0.2, 0.25) is 0 Å². The Balaban J connectivity index is 2.50. The van der Waals surface area contributed by atoms with Crippen molar-refractivity contribution in [2.24, 2.45) is 0 Å². The number of para-hydroxylation sites is 1. The molecule has 0 aliphatic carbocycles.